The molecule has 2 nitrogen and oxygen atoms in total. The van der Waals surface area contributed by atoms with E-state index in [4.69, 9.17) is 8.83 Å². The molecule has 0 amide bonds. The number of hydrogen-bond acceptors (Lipinski definition) is 2. The Morgan fingerprint density at radius 2 is 0.674 bits per heavy atom. The Balaban J connectivity index is 1.20. The maximum absolute atomic E-state index is 6.63. The molecule has 0 aliphatic carbocycles. The summed E-state index contributed by atoms with van der Waals surface area (Å²) in [6.45, 7) is 0. The monoisotopic (exact) mass is 586 g/mol. The highest BCUT2D eigenvalue weighted by Crippen LogP contribution is 2.45. The predicted molar refractivity (Wildman–Crippen MR) is 192 cm³/mol. The molecule has 0 spiro atoms. The Morgan fingerprint density at radius 3 is 1.30 bits per heavy atom. The zero-order valence-electron chi connectivity index (χ0n) is 24.8. The fraction of sp³-hybridized carbons (Fsp3) is 0. The molecule has 0 atom stereocenters. The lowest BCUT2D eigenvalue weighted by atomic mass is 9.85. The molecule has 10 rings (SSSR count). The van der Waals surface area contributed by atoms with E-state index in [0.29, 0.717) is 0 Å². The van der Waals surface area contributed by atoms with Crippen LogP contribution in [0.15, 0.2) is 167 Å². The third kappa shape index (κ3) is 3.65. The van der Waals surface area contributed by atoms with Crippen LogP contribution in [-0.4, -0.2) is 0 Å². The summed E-state index contributed by atoms with van der Waals surface area (Å²) in [5.41, 5.74) is 10.6. The Kier molecular flexibility index (Phi) is 5.31. The number of benzene rings is 8. The summed E-state index contributed by atoms with van der Waals surface area (Å²) in [5, 5.41) is 9.24. The third-order valence-electron chi connectivity index (χ3n) is 9.49. The summed E-state index contributed by atoms with van der Waals surface area (Å²) in [6, 6.07) is 56.2. The molecule has 0 N–H and O–H groups in total. The van der Waals surface area contributed by atoms with Crippen molar-refractivity contribution in [2.45, 2.75) is 0 Å². The van der Waals surface area contributed by atoms with Crippen LogP contribution in [0.2, 0.25) is 0 Å². The van der Waals surface area contributed by atoms with Crippen LogP contribution in [0.3, 0.4) is 0 Å². The average Bonchev–Trinajstić information content (AvgIpc) is 3.69. The minimum Gasteiger partial charge on any atom is -0.452 e. The van der Waals surface area contributed by atoms with Crippen molar-refractivity contribution in [3.05, 3.63) is 158 Å². The lowest BCUT2D eigenvalue weighted by Gasteiger charge is -2.18. The number of furan rings is 2. The number of para-hydroxylation sites is 1. The second-order valence-corrected chi connectivity index (χ2v) is 12.0. The van der Waals surface area contributed by atoms with Gasteiger partial charge in [-0.05, 0) is 85.3 Å². The number of hydrogen-bond donors (Lipinski definition) is 0. The second-order valence-electron chi connectivity index (χ2n) is 12.0. The molecular weight excluding hydrogens is 560 g/mol. The van der Waals surface area contributed by atoms with Gasteiger partial charge >= 0.3 is 0 Å². The summed E-state index contributed by atoms with van der Waals surface area (Å²) in [7, 11) is 0. The van der Waals surface area contributed by atoms with Gasteiger partial charge in [-0.15, -0.1) is 0 Å². The smallest absolute Gasteiger partial charge is 0.178 e. The van der Waals surface area contributed by atoms with Crippen LogP contribution in [-0.2, 0) is 0 Å². The predicted octanol–water partition coefficient (Wildman–Crippen LogP) is 12.8. The van der Waals surface area contributed by atoms with Gasteiger partial charge in [-0.3, -0.25) is 0 Å². The van der Waals surface area contributed by atoms with Gasteiger partial charge in [-0.2, -0.15) is 0 Å². The Morgan fingerprint density at radius 1 is 0.261 bits per heavy atom. The molecule has 2 heterocycles. The molecule has 0 radical (unpaired) electrons. The van der Waals surface area contributed by atoms with Crippen molar-refractivity contribution in [3.63, 3.8) is 0 Å². The molecule has 0 saturated carbocycles. The Bertz CT molecular complexity index is 2720. The summed E-state index contributed by atoms with van der Waals surface area (Å²) in [5.74, 6) is 0. The zero-order chi connectivity index (χ0) is 30.2. The van der Waals surface area contributed by atoms with E-state index in [1.165, 1.54) is 49.4 Å². The second kappa shape index (κ2) is 9.69. The Hall–Kier alpha value is -6.12. The van der Waals surface area contributed by atoms with Gasteiger partial charge in [0.05, 0.1) is 0 Å². The van der Waals surface area contributed by atoms with Crippen LogP contribution in [0.25, 0.3) is 98.8 Å². The molecule has 2 aromatic heterocycles. The first kappa shape index (κ1) is 25.2. The molecule has 8 aromatic carbocycles. The summed E-state index contributed by atoms with van der Waals surface area (Å²) < 4.78 is 12.9. The van der Waals surface area contributed by atoms with E-state index in [9.17, 15) is 0 Å². The van der Waals surface area contributed by atoms with E-state index in [0.717, 1.165) is 49.4 Å². The highest BCUT2D eigenvalue weighted by Gasteiger charge is 2.19. The lowest BCUT2D eigenvalue weighted by molar-refractivity contribution is 0.633. The lowest BCUT2D eigenvalue weighted by Crippen LogP contribution is -1.91. The molecule has 214 valence electrons. The molecular formula is C44H26O2. The van der Waals surface area contributed by atoms with Crippen molar-refractivity contribution in [2.24, 2.45) is 0 Å². The number of fused-ring (bicyclic) bond motifs is 9. The van der Waals surface area contributed by atoms with Crippen LogP contribution in [0, 0.1) is 0 Å². The van der Waals surface area contributed by atoms with Crippen molar-refractivity contribution in [3.8, 4) is 33.4 Å². The fourth-order valence-corrected chi connectivity index (χ4v) is 7.38. The van der Waals surface area contributed by atoms with E-state index in [1.807, 2.05) is 18.2 Å². The first-order chi connectivity index (χ1) is 22.8. The minimum atomic E-state index is 0.796. The minimum absolute atomic E-state index is 0.796. The van der Waals surface area contributed by atoms with Crippen molar-refractivity contribution < 1.29 is 8.83 Å². The van der Waals surface area contributed by atoms with Gasteiger partial charge in [0.25, 0.3) is 0 Å². The SMILES string of the molecule is c1ccc(-c2ccc(-c3c4ccccc4c(-c4ccc5c(c4)oc4c5ccc5c6ccccc6oc54)c4ccccc34)cc2)cc1. The van der Waals surface area contributed by atoms with E-state index in [-0.39, 0.29) is 0 Å². The molecule has 0 aliphatic heterocycles. The summed E-state index contributed by atoms with van der Waals surface area (Å²) >= 11 is 0. The topological polar surface area (TPSA) is 26.3 Å². The molecule has 2 heteroatoms. The van der Waals surface area contributed by atoms with Gasteiger partial charge in [0.1, 0.15) is 11.2 Å². The average molecular weight is 587 g/mol. The molecule has 0 saturated heterocycles. The molecule has 0 aliphatic rings. The van der Waals surface area contributed by atoms with Crippen LogP contribution < -0.4 is 0 Å². The standard InChI is InChI=1S/C44H26O2/c1-2-10-27(11-3-1)28-18-20-29(21-19-28)41-33-13-4-6-15-35(33)42(36-16-7-5-14-34(36)41)30-22-23-32-38-25-24-37-31-12-8-9-17-39(31)45-43(37)44(38)46-40(32)26-30/h1-26H. The summed E-state index contributed by atoms with van der Waals surface area (Å²) in [6.07, 6.45) is 0. The van der Waals surface area contributed by atoms with Crippen LogP contribution in [0.1, 0.15) is 0 Å². The highest BCUT2D eigenvalue weighted by molar-refractivity contribution is 6.23. The van der Waals surface area contributed by atoms with Gasteiger partial charge < -0.3 is 8.83 Å². The highest BCUT2D eigenvalue weighted by atomic mass is 16.4. The summed E-state index contributed by atoms with van der Waals surface area (Å²) in [4.78, 5) is 0. The maximum Gasteiger partial charge on any atom is 0.178 e. The van der Waals surface area contributed by atoms with Crippen molar-refractivity contribution >= 4 is 65.4 Å². The van der Waals surface area contributed by atoms with E-state index < -0.39 is 0 Å². The largest absolute Gasteiger partial charge is 0.452 e. The van der Waals surface area contributed by atoms with Gasteiger partial charge in [0, 0.05) is 21.5 Å². The fourth-order valence-electron chi connectivity index (χ4n) is 7.38. The quantitative estimate of drug-likeness (QED) is 0.193. The molecule has 0 bridgehead atoms. The zero-order valence-corrected chi connectivity index (χ0v) is 24.8. The van der Waals surface area contributed by atoms with Crippen LogP contribution >= 0.6 is 0 Å². The van der Waals surface area contributed by atoms with E-state index in [1.54, 1.807) is 0 Å². The Labute approximate surface area is 264 Å². The molecule has 46 heavy (non-hydrogen) atoms. The molecule has 10 aromatic rings. The van der Waals surface area contributed by atoms with Crippen LogP contribution in [0.4, 0.5) is 0 Å². The third-order valence-corrected chi connectivity index (χ3v) is 9.49. The number of rotatable bonds is 3. The van der Waals surface area contributed by atoms with Crippen LogP contribution in [0.5, 0.6) is 0 Å². The van der Waals surface area contributed by atoms with Crippen molar-refractivity contribution in [1.82, 2.24) is 0 Å². The van der Waals surface area contributed by atoms with Crippen molar-refractivity contribution in [2.75, 3.05) is 0 Å². The van der Waals surface area contributed by atoms with Gasteiger partial charge in [0.15, 0.2) is 11.2 Å². The molecule has 0 unspecified atom stereocenters. The van der Waals surface area contributed by atoms with Crippen molar-refractivity contribution in [1.29, 1.82) is 0 Å². The van der Waals surface area contributed by atoms with Gasteiger partial charge in [-0.1, -0.05) is 127 Å². The van der Waals surface area contributed by atoms with Gasteiger partial charge in [-0.25, -0.2) is 0 Å². The maximum atomic E-state index is 6.63. The normalized spacial score (nSPS) is 11.9. The van der Waals surface area contributed by atoms with Gasteiger partial charge in [0.2, 0.25) is 0 Å². The van der Waals surface area contributed by atoms with E-state index >= 15 is 0 Å². The first-order valence-corrected chi connectivity index (χ1v) is 15.7. The van der Waals surface area contributed by atoms with E-state index in [2.05, 4.69) is 140 Å². The molecule has 0 fully saturated rings. The first-order valence-electron chi connectivity index (χ1n) is 15.7.